The molecular weight excluding hydrogens is 383 g/mol. The average Bonchev–Trinajstić information content (AvgIpc) is 3.42. The van der Waals surface area contributed by atoms with E-state index in [1.807, 2.05) is 29.2 Å². The van der Waals surface area contributed by atoms with E-state index in [0.717, 1.165) is 28.8 Å². The Morgan fingerprint density at radius 1 is 1.23 bits per heavy atom. The Bertz CT molecular complexity index is 1080. The zero-order valence-corrected chi connectivity index (χ0v) is 16.5. The van der Waals surface area contributed by atoms with Gasteiger partial charge in [-0.15, -0.1) is 0 Å². The van der Waals surface area contributed by atoms with E-state index in [9.17, 15) is 14.0 Å². The number of nitrogens with zero attached hydrogens (tertiary/aromatic N) is 2. The van der Waals surface area contributed by atoms with Crippen molar-refractivity contribution in [3.05, 3.63) is 65.7 Å². The topological polar surface area (TPSA) is 78.1 Å². The van der Waals surface area contributed by atoms with E-state index in [1.54, 1.807) is 12.1 Å². The summed E-state index contributed by atoms with van der Waals surface area (Å²) in [5.41, 5.74) is 1.78. The lowest BCUT2D eigenvalue weighted by atomic mass is 9.77. The van der Waals surface area contributed by atoms with Crippen LogP contribution in [0.25, 0.3) is 11.0 Å². The van der Waals surface area contributed by atoms with Crippen LogP contribution in [0.2, 0.25) is 0 Å². The quantitative estimate of drug-likeness (QED) is 0.684. The third-order valence-corrected chi connectivity index (χ3v) is 6.39. The molecule has 2 amide bonds. The summed E-state index contributed by atoms with van der Waals surface area (Å²) in [5, 5.41) is 3.04. The minimum absolute atomic E-state index is 0.0728. The number of fused-ring (bicyclic) bond motifs is 2. The first kappa shape index (κ1) is 18.8. The van der Waals surface area contributed by atoms with Crippen LogP contribution < -0.4 is 5.32 Å². The smallest absolute Gasteiger partial charge is 0.232 e. The summed E-state index contributed by atoms with van der Waals surface area (Å²) >= 11 is 0. The first-order valence-corrected chi connectivity index (χ1v) is 10.3. The van der Waals surface area contributed by atoms with E-state index in [0.29, 0.717) is 32.4 Å². The Morgan fingerprint density at radius 2 is 2.03 bits per heavy atom. The summed E-state index contributed by atoms with van der Waals surface area (Å²) in [7, 11) is 0. The standard InChI is InChI=1S/C23H23FN4O2/c24-16-7-5-15(6-8-16)23(13-17-9-10-21(29)28(17)14-23)22(30)25-12-11-20-26-18-3-1-2-4-19(18)27-20/h1-8,17H,9-14H2,(H,25,30)(H,26,27)/t17-,23-/m0/s1. The highest BCUT2D eigenvalue weighted by molar-refractivity contribution is 5.91. The number of imidazole rings is 1. The van der Waals surface area contributed by atoms with Gasteiger partial charge in [-0.1, -0.05) is 24.3 Å². The van der Waals surface area contributed by atoms with Crippen molar-refractivity contribution < 1.29 is 14.0 Å². The largest absolute Gasteiger partial charge is 0.355 e. The molecule has 5 rings (SSSR count). The van der Waals surface area contributed by atoms with Crippen LogP contribution in [-0.2, 0) is 21.4 Å². The first-order chi connectivity index (χ1) is 14.5. The van der Waals surface area contributed by atoms with Crippen LogP contribution in [0.3, 0.4) is 0 Å². The summed E-state index contributed by atoms with van der Waals surface area (Å²) in [5.74, 6) is 0.454. The molecule has 1 aromatic heterocycles. The number of amides is 2. The zero-order valence-electron chi connectivity index (χ0n) is 16.5. The molecule has 2 N–H and O–H groups in total. The molecule has 30 heavy (non-hydrogen) atoms. The van der Waals surface area contributed by atoms with Gasteiger partial charge in [-0.05, 0) is 42.7 Å². The summed E-state index contributed by atoms with van der Waals surface area (Å²) in [6, 6.07) is 14.0. The molecule has 0 radical (unpaired) electrons. The molecule has 7 heteroatoms. The molecule has 2 saturated heterocycles. The molecule has 154 valence electrons. The number of para-hydroxylation sites is 2. The van der Waals surface area contributed by atoms with Crippen LogP contribution in [0.1, 0.15) is 30.7 Å². The van der Waals surface area contributed by atoms with Crippen molar-refractivity contribution in [2.45, 2.75) is 37.1 Å². The second-order valence-corrected chi connectivity index (χ2v) is 8.21. The van der Waals surface area contributed by atoms with Crippen LogP contribution in [-0.4, -0.2) is 45.8 Å². The Morgan fingerprint density at radius 3 is 2.80 bits per heavy atom. The molecule has 0 saturated carbocycles. The van der Waals surface area contributed by atoms with Gasteiger partial charge in [0.2, 0.25) is 11.8 Å². The Balaban J connectivity index is 1.34. The molecule has 0 bridgehead atoms. The van der Waals surface area contributed by atoms with Crippen LogP contribution in [0.5, 0.6) is 0 Å². The number of hydrogen-bond acceptors (Lipinski definition) is 3. The van der Waals surface area contributed by atoms with Crippen molar-refractivity contribution in [1.82, 2.24) is 20.2 Å². The number of aromatic nitrogens is 2. The summed E-state index contributed by atoms with van der Waals surface area (Å²) in [6.07, 6.45) is 2.46. The SMILES string of the molecule is O=C1CC[C@H]2C[C@@](C(=O)NCCc3nc4ccccc4[nH]3)(c3ccc(F)cc3)CN12. The molecule has 2 fully saturated rings. The molecule has 2 aromatic carbocycles. The fourth-order valence-electron chi connectivity index (χ4n) is 4.84. The minimum atomic E-state index is -0.845. The maximum absolute atomic E-state index is 13.5. The molecule has 6 nitrogen and oxygen atoms in total. The maximum atomic E-state index is 13.5. The number of H-pyrrole nitrogens is 1. The molecule has 2 atom stereocenters. The van der Waals surface area contributed by atoms with E-state index in [4.69, 9.17) is 0 Å². The average molecular weight is 406 g/mol. The minimum Gasteiger partial charge on any atom is -0.355 e. The predicted octanol–water partition coefficient (Wildman–Crippen LogP) is 2.69. The molecule has 0 aliphatic carbocycles. The zero-order chi connectivity index (χ0) is 20.7. The van der Waals surface area contributed by atoms with E-state index < -0.39 is 5.41 Å². The number of benzene rings is 2. The van der Waals surface area contributed by atoms with Crippen LogP contribution in [0.4, 0.5) is 4.39 Å². The molecular formula is C23H23FN4O2. The predicted molar refractivity (Wildman–Crippen MR) is 110 cm³/mol. The lowest BCUT2D eigenvalue weighted by molar-refractivity contribution is -0.129. The van der Waals surface area contributed by atoms with Gasteiger partial charge in [-0.3, -0.25) is 9.59 Å². The third-order valence-electron chi connectivity index (χ3n) is 6.39. The molecule has 3 heterocycles. The van der Waals surface area contributed by atoms with Crippen molar-refractivity contribution in [1.29, 1.82) is 0 Å². The number of aromatic amines is 1. The lowest BCUT2D eigenvalue weighted by Gasteiger charge is -2.29. The fourth-order valence-corrected chi connectivity index (χ4v) is 4.84. The summed E-state index contributed by atoms with van der Waals surface area (Å²) in [4.78, 5) is 35.3. The van der Waals surface area contributed by atoms with Crippen molar-refractivity contribution in [2.24, 2.45) is 0 Å². The number of hydrogen-bond donors (Lipinski definition) is 2. The molecule has 2 aliphatic heterocycles. The lowest BCUT2D eigenvalue weighted by Crippen LogP contribution is -2.47. The van der Waals surface area contributed by atoms with Crippen LogP contribution in [0, 0.1) is 5.82 Å². The van der Waals surface area contributed by atoms with E-state index in [1.165, 1.54) is 12.1 Å². The second-order valence-electron chi connectivity index (χ2n) is 8.21. The molecule has 2 aliphatic rings. The van der Waals surface area contributed by atoms with Gasteiger partial charge in [0, 0.05) is 32.0 Å². The van der Waals surface area contributed by atoms with Gasteiger partial charge in [-0.25, -0.2) is 9.37 Å². The van der Waals surface area contributed by atoms with Gasteiger partial charge in [0.25, 0.3) is 0 Å². The van der Waals surface area contributed by atoms with Gasteiger partial charge < -0.3 is 15.2 Å². The monoisotopic (exact) mass is 406 g/mol. The molecule has 0 unspecified atom stereocenters. The van der Waals surface area contributed by atoms with Crippen molar-refractivity contribution in [2.75, 3.05) is 13.1 Å². The first-order valence-electron chi connectivity index (χ1n) is 10.3. The molecule has 0 spiro atoms. The number of nitrogens with one attached hydrogen (secondary N) is 2. The summed E-state index contributed by atoms with van der Waals surface area (Å²) < 4.78 is 13.5. The highest BCUT2D eigenvalue weighted by Gasteiger charge is 2.53. The second kappa shape index (κ2) is 7.23. The highest BCUT2D eigenvalue weighted by atomic mass is 19.1. The highest BCUT2D eigenvalue weighted by Crippen LogP contribution is 2.43. The third kappa shape index (κ3) is 3.14. The van der Waals surface area contributed by atoms with Gasteiger partial charge in [0.1, 0.15) is 11.6 Å². The normalized spacial score (nSPS) is 23.2. The molecule has 3 aromatic rings. The van der Waals surface area contributed by atoms with Crippen LogP contribution >= 0.6 is 0 Å². The Kier molecular flexibility index (Phi) is 4.53. The van der Waals surface area contributed by atoms with Gasteiger partial charge >= 0.3 is 0 Å². The van der Waals surface area contributed by atoms with E-state index in [-0.39, 0.29) is 23.7 Å². The van der Waals surface area contributed by atoms with Crippen molar-refractivity contribution in [3.8, 4) is 0 Å². The van der Waals surface area contributed by atoms with E-state index >= 15 is 0 Å². The Labute approximate surface area is 173 Å². The van der Waals surface area contributed by atoms with Crippen LogP contribution in [0.15, 0.2) is 48.5 Å². The van der Waals surface area contributed by atoms with Gasteiger partial charge in [0.15, 0.2) is 0 Å². The number of rotatable bonds is 5. The van der Waals surface area contributed by atoms with Gasteiger partial charge in [0.05, 0.1) is 16.4 Å². The van der Waals surface area contributed by atoms with Crippen molar-refractivity contribution >= 4 is 22.8 Å². The number of carbonyl (C=O) groups excluding carboxylic acids is 2. The number of carbonyl (C=O) groups is 2. The number of halogens is 1. The van der Waals surface area contributed by atoms with Gasteiger partial charge in [-0.2, -0.15) is 0 Å². The fraction of sp³-hybridized carbons (Fsp3) is 0.348. The maximum Gasteiger partial charge on any atom is 0.232 e. The Hall–Kier alpha value is -3.22. The van der Waals surface area contributed by atoms with E-state index in [2.05, 4.69) is 15.3 Å². The van der Waals surface area contributed by atoms with Crippen molar-refractivity contribution in [3.63, 3.8) is 0 Å². The summed E-state index contributed by atoms with van der Waals surface area (Å²) in [6.45, 7) is 0.777.